The van der Waals surface area contributed by atoms with Gasteiger partial charge in [0.25, 0.3) is 0 Å². The summed E-state index contributed by atoms with van der Waals surface area (Å²) in [5, 5.41) is 3.96. The highest BCUT2D eigenvalue weighted by atomic mass is 79.9. The molecule has 0 unspecified atom stereocenters. The Morgan fingerprint density at radius 2 is 1.76 bits per heavy atom. The van der Waals surface area contributed by atoms with Crippen LogP contribution in [-0.4, -0.2) is 6.04 Å². The highest BCUT2D eigenvalue weighted by molar-refractivity contribution is 9.10. The van der Waals surface area contributed by atoms with Gasteiger partial charge in [-0.3, -0.25) is 0 Å². The molecule has 0 saturated heterocycles. The van der Waals surface area contributed by atoms with E-state index in [4.69, 9.17) is 23.2 Å². The lowest BCUT2D eigenvalue weighted by Gasteiger charge is -2.37. The Balaban J connectivity index is 1.65. The molecule has 1 fully saturated rings. The molecule has 0 atom stereocenters. The Morgan fingerprint density at radius 3 is 2.38 bits per heavy atom. The molecule has 1 N–H and O–H groups in total. The Kier molecular flexibility index (Phi) is 4.43. The minimum Gasteiger partial charge on any atom is -0.380 e. The number of anilines is 1. The lowest BCUT2D eigenvalue weighted by atomic mass is 9.76. The van der Waals surface area contributed by atoms with E-state index in [9.17, 15) is 4.39 Å². The second-order valence-electron chi connectivity index (χ2n) is 5.31. The predicted molar refractivity (Wildman–Crippen MR) is 89.9 cm³/mol. The molecule has 5 heteroatoms. The first-order valence-corrected chi connectivity index (χ1v) is 8.24. The van der Waals surface area contributed by atoms with Crippen LogP contribution in [0.4, 0.5) is 10.1 Å². The van der Waals surface area contributed by atoms with Gasteiger partial charge >= 0.3 is 0 Å². The molecule has 110 valence electrons. The van der Waals surface area contributed by atoms with Crippen LogP contribution in [0, 0.1) is 5.82 Å². The van der Waals surface area contributed by atoms with Crippen molar-refractivity contribution in [1.29, 1.82) is 0 Å². The third-order valence-corrected chi connectivity index (χ3v) is 4.90. The van der Waals surface area contributed by atoms with Crippen LogP contribution >= 0.6 is 39.1 Å². The topological polar surface area (TPSA) is 12.0 Å². The molecule has 1 aliphatic rings. The van der Waals surface area contributed by atoms with Crippen molar-refractivity contribution in [2.45, 2.75) is 24.8 Å². The number of halogens is 4. The van der Waals surface area contributed by atoms with Crippen molar-refractivity contribution < 1.29 is 4.39 Å². The van der Waals surface area contributed by atoms with E-state index in [0.717, 1.165) is 17.3 Å². The minimum atomic E-state index is -0.420. The first kappa shape index (κ1) is 15.1. The van der Waals surface area contributed by atoms with Crippen LogP contribution in [0.5, 0.6) is 0 Å². The smallest absolute Gasteiger partial charge is 0.126 e. The molecule has 1 nitrogen and oxygen atoms in total. The summed E-state index contributed by atoms with van der Waals surface area (Å²) in [5.41, 5.74) is 1.95. The Hall–Kier alpha value is -0.770. The van der Waals surface area contributed by atoms with Gasteiger partial charge in [0.15, 0.2) is 0 Å². The van der Waals surface area contributed by atoms with Gasteiger partial charge in [-0.25, -0.2) is 4.39 Å². The van der Waals surface area contributed by atoms with Gasteiger partial charge < -0.3 is 5.32 Å². The molecule has 21 heavy (non-hydrogen) atoms. The van der Waals surface area contributed by atoms with Gasteiger partial charge in [-0.05, 0) is 48.6 Å². The summed E-state index contributed by atoms with van der Waals surface area (Å²) in [6.07, 6.45) is 2.03. The van der Waals surface area contributed by atoms with E-state index in [1.807, 2.05) is 12.1 Å². The van der Waals surface area contributed by atoms with Gasteiger partial charge in [-0.15, -0.1) is 0 Å². The van der Waals surface area contributed by atoms with Crippen LogP contribution in [0.2, 0.25) is 10.0 Å². The molecule has 0 bridgehead atoms. The zero-order valence-corrected chi connectivity index (χ0v) is 14.1. The van der Waals surface area contributed by atoms with E-state index < -0.39 is 5.82 Å². The van der Waals surface area contributed by atoms with Crippen LogP contribution in [-0.2, 0) is 0 Å². The third-order valence-electron chi connectivity index (χ3n) is 3.81. The predicted octanol–water partition coefficient (Wildman–Crippen LogP) is 6.25. The van der Waals surface area contributed by atoms with E-state index in [1.54, 1.807) is 0 Å². The van der Waals surface area contributed by atoms with E-state index in [2.05, 4.69) is 33.4 Å². The maximum Gasteiger partial charge on any atom is 0.126 e. The number of hydrogen-bond acceptors (Lipinski definition) is 1. The van der Waals surface area contributed by atoms with Crippen molar-refractivity contribution in [2.24, 2.45) is 0 Å². The van der Waals surface area contributed by atoms with Crippen molar-refractivity contribution in [3.05, 3.63) is 62.3 Å². The maximum atomic E-state index is 13.2. The SMILES string of the molecule is Fc1cc(Cl)c(NC2CC(c3cccc(Br)c3)C2)c(Cl)c1. The highest BCUT2D eigenvalue weighted by Gasteiger charge is 2.31. The first-order valence-electron chi connectivity index (χ1n) is 6.69. The molecule has 0 radical (unpaired) electrons. The van der Waals surface area contributed by atoms with Gasteiger partial charge in [0.2, 0.25) is 0 Å². The molecule has 0 spiro atoms. The molecular weight excluding hydrogens is 376 g/mol. The van der Waals surface area contributed by atoms with Gasteiger partial charge in [0, 0.05) is 10.5 Å². The van der Waals surface area contributed by atoms with Crippen LogP contribution in [0.1, 0.15) is 24.3 Å². The van der Waals surface area contributed by atoms with Crippen LogP contribution < -0.4 is 5.32 Å². The van der Waals surface area contributed by atoms with Crippen LogP contribution in [0.25, 0.3) is 0 Å². The zero-order chi connectivity index (χ0) is 15.0. The molecule has 0 aromatic heterocycles. The second-order valence-corrected chi connectivity index (χ2v) is 7.04. The monoisotopic (exact) mass is 387 g/mol. The van der Waals surface area contributed by atoms with Crippen molar-refractivity contribution in [3.8, 4) is 0 Å². The minimum absolute atomic E-state index is 0.314. The van der Waals surface area contributed by atoms with Crippen LogP contribution in [0.15, 0.2) is 40.9 Å². The fourth-order valence-corrected chi connectivity index (χ4v) is 3.64. The van der Waals surface area contributed by atoms with Gasteiger partial charge in [0.05, 0.1) is 15.7 Å². The molecule has 0 aliphatic heterocycles. The van der Waals surface area contributed by atoms with Crippen molar-refractivity contribution in [3.63, 3.8) is 0 Å². The van der Waals surface area contributed by atoms with E-state index in [-0.39, 0.29) is 0 Å². The summed E-state index contributed by atoms with van der Waals surface area (Å²) >= 11 is 15.6. The lowest BCUT2D eigenvalue weighted by molar-refractivity contribution is 0.374. The average molecular weight is 389 g/mol. The second kappa shape index (κ2) is 6.15. The molecule has 0 amide bonds. The first-order chi connectivity index (χ1) is 10.0. The quantitative estimate of drug-likeness (QED) is 0.654. The molecule has 3 rings (SSSR count). The van der Waals surface area contributed by atoms with E-state index in [0.29, 0.717) is 27.7 Å². The average Bonchev–Trinajstić information content (AvgIpc) is 2.35. The Morgan fingerprint density at radius 1 is 1.10 bits per heavy atom. The summed E-state index contributed by atoms with van der Waals surface area (Å²) in [6.45, 7) is 0. The number of benzene rings is 2. The third kappa shape index (κ3) is 3.36. The van der Waals surface area contributed by atoms with E-state index in [1.165, 1.54) is 17.7 Å². The number of nitrogens with one attached hydrogen (secondary N) is 1. The lowest BCUT2D eigenvalue weighted by Crippen LogP contribution is -2.34. The van der Waals surface area contributed by atoms with Gasteiger partial charge in [-0.2, -0.15) is 0 Å². The normalized spacial score (nSPS) is 21.0. The van der Waals surface area contributed by atoms with Crippen molar-refractivity contribution >= 4 is 44.8 Å². The molecule has 1 aliphatic carbocycles. The summed E-state index contributed by atoms with van der Waals surface area (Å²) < 4.78 is 14.3. The zero-order valence-electron chi connectivity index (χ0n) is 11.0. The number of hydrogen-bond donors (Lipinski definition) is 1. The van der Waals surface area contributed by atoms with Crippen LogP contribution in [0.3, 0.4) is 0 Å². The summed E-state index contributed by atoms with van der Waals surface area (Å²) in [7, 11) is 0. The standard InChI is InChI=1S/C16H13BrCl2FN/c17-11-3-1-2-9(4-11)10-5-13(6-10)21-16-14(18)7-12(20)8-15(16)19/h1-4,7-8,10,13,21H,5-6H2. The van der Waals surface area contributed by atoms with Gasteiger partial charge in [-0.1, -0.05) is 51.3 Å². The maximum absolute atomic E-state index is 13.2. The summed E-state index contributed by atoms with van der Waals surface area (Å²) in [5.74, 6) is 0.120. The Labute approximate surface area is 141 Å². The fraction of sp³-hybridized carbons (Fsp3) is 0.250. The molecule has 2 aromatic carbocycles. The molecule has 2 aromatic rings. The van der Waals surface area contributed by atoms with Gasteiger partial charge in [0.1, 0.15) is 5.82 Å². The van der Waals surface area contributed by atoms with Crippen molar-refractivity contribution in [1.82, 2.24) is 0 Å². The van der Waals surface area contributed by atoms with E-state index >= 15 is 0 Å². The largest absolute Gasteiger partial charge is 0.380 e. The highest BCUT2D eigenvalue weighted by Crippen LogP contribution is 2.41. The number of rotatable bonds is 3. The molecule has 1 saturated carbocycles. The Bertz CT molecular complexity index is 648. The fourth-order valence-electron chi connectivity index (χ4n) is 2.65. The summed E-state index contributed by atoms with van der Waals surface area (Å²) in [6, 6.07) is 11.2. The van der Waals surface area contributed by atoms with Crippen molar-refractivity contribution in [2.75, 3.05) is 5.32 Å². The molecular formula is C16H13BrCl2FN. The molecule has 0 heterocycles. The summed E-state index contributed by atoms with van der Waals surface area (Å²) in [4.78, 5) is 0.